The predicted octanol–water partition coefficient (Wildman–Crippen LogP) is 2.93. The molecule has 1 N–H and O–H groups in total. The predicted molar refractivity (Wildman–Crippen MR) is 119 cm³/mol. The quantitative estimate of drug-likeness (QED) is 0.430. The Morgan fingerprint density at radius 2 is 1.74 bits per heavy atom. The SMILES string of the molecule is Cc1nn(Cc2ccccc2)c(C)c1CNC(=O)CSc1nnnn1-c1ccccc1. The van der Waals surface area contributed by atoms with E-state index in [1.165, 1.54) is 17.3 Å². The number of rotatable bonds is 8. The van der Waals surface area contributed by atoms with Crippen LogP contribution < -0.4 is 5.32 Å². The van der Waals surface area contributed by atoms with E-state index in [1.807, 2.05) is 67.1 Å². The Bertz CT molecular complexity index is 1160. The van der Waals surface area contributed by atoms with Crippen molar-refractivity contribution in [2.45, 2.75) is 32.1 Å². The molecule has 2 aromatic heterocycles. The molecule has 31 heavy (non-hydrogen) atoms. The van der Waals surface area contributed by atoms with E-state index in [0.717, 1.165) is 22.6 Å². The van der Waals surface area contributed by atoms with Gasteiger partial charge in [-0.05, 0) is 42.0 Å². The maximum absolute atomic E-state index is 12.4. The molecule has 0 saturated heterocycles. The zero-order valence-electron chi connectivity index (χ0n) is 17.4. The second-order valence-corrected chi connectivity index (χ2v) is 8.01. The molecule has 0 saturated carbocycles. The summed E-state index contributed by atoms with van der Waals surface area (Å²) < 4.78 is 3.61. The minimum absolute atomic E-state index is 0.0813. The van der Waals surface area contributed by atoms with Gasteiger partial charge in [0.15, 0.2) is 0 Å². The first-order chi connectivity index (χ1) is 15.1. The fraction of sp³-hybridized carbons (Fsp3) is 0.227. The lowest BCUT2D eigenvalue weighted by atomic mass is 10.2. The number of tetrazole rings is 1. The lowest BCUT2D eigenvalue weighted by molar-refractivity contribution is -0.118. The molecule has 8 nitrogen and oxygen atoms in total. The van der Waals surface area contributed by atoms with E-state index in [0.29, 0.717) is 18.2 Å². The smallest absolute Gasteiger partial charge is 0.230 e. The number of para-hydroxylation sites is 1. The Morgan fingerprint density at radius 3 is 2.48 bits per heavy atom. The van der Waals surface area contributed by atoms with Crippen LogP contribution in [0.3, 0.4) is 0 Å². The molecule has 0 spiro atoms. The van der Waals surface area contributed by atoms with Gasteiger partial charge in [-0.2, -0.15) is 9.78 Å². The van der Waals surface area contributed by atoms with Crippen LogP contribution in [0.5, 0.6) is 0 Å². The Labute approximate surface area is 184 Å². The van der Waals surface area contributed by atoms with Crippen molar-refractivity contribution in [1.82, 2.24) is 35.3 Å². The summed E-state index contributed by atoms with van der Waals surface area (Å²) in [6.45, 7) is 5.15. The van der Waals surface area contributed by atoms with Crippen LogP contribution in [-0.4, -0.2) is 41.6 Å². The van der Waals surface area contributed by atoms with Crippen LogP contribution in [0.2, 0.25) is 0 Å². The number of hydrogen-bond acceptors (Lipinski definition) is 6. The summed E-state index contributed by atoms with van der Waals surface area (Å²) in [5.41, 5.74) is 5.07. The van der Waals surface area contributed by atoms with Gasteiger partial charge in [0, 0.05) is 17.8 Å². The van der Waals surface area contributed by atoms with Crippen molar-refractivity contribution >= 4 is 17.7 Å². The summed E-state index contributed by atoms with van der Waals surface area (Å²) in [6.07, 6.45) is 0. The molecule has 9 heteroatoms. The molecular weight excluding hydrogens is 410 g/mol. The van der Waals surface area contributed by atoms with Crippen LogP contribution >= 0.6 is 11.8 Å². The zero-order valence-corrected chi connectivity index (χ0v) is 18.2. The van der Waals surface area contributed by atoms with Crippen molar-refractivity contribution in [3.8, 4) is 5.69 Å². The van der Waals surface area contributed by atoms with Gasteiger partial charge in [-0.15, -0.1) is 5.10 Å². The molecule has 0 aliphatic heterocycles. The third-order valence-corrected chi connectivity index (χ3v) is 5.86. The first kappa shape index (κ1) is 20.8. The fourth-order valence-corrected chi connectivity index (χ4v) is 3.99. The summed E-state index contributed by atoms with van der Waals surface area (Å²) in [5, 5.41) is 20.0. The van der Waals surface area contributed by atoms with E-state index in [4.69, 9.17) is 0 Å². The number of nitrogens with zero attached hydrogens (tertiary/aromatic N) is 6. The molecule has 158 valence electrons. The molecular formula is C22H23N7OS. The lowest BCUT2D eigenvalue weighted by Gasteiger charge is -2.08. The van der Waals surface area contributed by atoms with Crippen molar-refractivity contribution in [2.24, 2.45) is 0 Å². The third-order valence-electron chi connectivity index (χ3n) is 4.94. The Hall–Kier alpha value is -3.46. The van der Waals surface area contributed by atoms with Gasteiger partial charge in [-0.3, -0.25) is 9.48 Å². The second-order valence-electron chi connectivity index (χ2n) is 7.07. The first-order valence-corrected chi connectivity index (χ1v) is 10.9. The largest absolute Gasteiger partial charge is 0.351 e. The number of thioether (sulfide) groups is 1. The summed E-state index contributed by atoms with van der Waals surface area (Å²) in [5.74, 6) is 0.144. The number of carbonyl (C=O) groups excluding carboxylic acids is 1. The topological polar surface area (TPSA) is 90.5 Å². The summed E-state index contributed by atoms with van der Waals surface area (Å²) >= 11 is 1.30. The minimum atomic E-state index is -0.0813. The average molecular weight is 434 g/mol. The fourth-order valence-electron chi connectivity index (χ4n) is 3.27. The van der Waals surface area contributed by atoms with Crippen molar-refractivity contribution < 1.29 is 4.79 Å². The normalized spacial score (nSPS) is 10.9. The van der Waals surface area contributed by atoms with Gasteiger partial charge >= 0.3 is 0 Å². The number of amides is 1. The third kappa shape index (κ3) is 5.00. The van der Waals surface area contributed by atoms with Gasteiger partial charge in [0.25, 0.3) is 0 Å². The van der Waals surface area contributed by atoms with Crippen LogP contribution in [0.15, 0.2) is 65.8 Å². The van der Waals surface area contributed by atoms with E-state index < -0.39 is 0 Å². The maximum atomic E-state index is 12.4. The number of nitrogens with one attached hydrogen (secondary N) is 1. The number of benzene rings is 2. The van der Waals surface area contributed by atoms with E-state index in [1.54, 1.807) is 4.68 Å². The monoisotopic (exact) mass is 433 g/mol. The Kier molecular flexibility index (Phi) is 6.42. The minimum Gasteiger partial charge on any atom is -0.351 e. The molecule has 0 aliphatic rings. The van der Waals surface area contributed by atoms with Gasteiger partial charge in [0.2, 0.25) is 11.1 Å². The van der Waals surface area contributed by atoms with E-state index in [2.05, 4.69) is 38.1 Å². The summed E-state index contributed by atoms with van der Waals surface area (Å²) in [4.78, 5) is 12.4. The maximum Gasteiger partial charge on any atom is 0.230 e. The number of aromatic nitrogens is 6. The van der Waals surface area contributed by atoms with Crippen LogP contribution in [0.4, 0.5) is 0 Å². The molecule has 2 aromatic carbocycles. The van der Waals surface area contributed by atoms with Crippen molar-refractivity contribution in [2.75, 3.05) is 5.75 Å². The van der Waals surface area contributed by atoms with Crippen molar-refractivity contribution in [1.29, 1.82) is 0 Å². The van der Waals surface area contributed by atoms with Crippen LogP contribution in [-0.2, 0) is 17.9 Å². The highest BCUT2D eigenvalue weighted by Crippen LogP contribution is 2.18. The molecule has 4 aromatic rings. The molecule has 0 aliphatic carbocycles. The van der Waals surface area contributed by atoms with Crippen LogP contribution in [0, 0.1) is 13.8 Å². The van der Waals surface area contributed by atoms with E-state index in [-0.39, 0.29) is 11.7 Å². The van der Waals surface area contributed by atoms with Gasteiger partial charge in [-0.1, -0.05) is 60.3 Å². The summed E-state index contributed by atoms with van der Waals surface area (Å²) in [6, 6.07) is 19.8. The molecule has 0 bridgehead atoms. The van der Waals surface area contributed by atoms with Gasteiger partial charge in [0.1, 0.15) is 0 Å². The first-order valence-electron chi connectivity index (χ1n) is 9.92. The zero-order chi connectivity index (χ0) is 21.6. The van der Waals surface area contributed by atoms with Crippen LogP contribution in [0.1, 0.15) is 22.5 Å². The molecule has 2 heterocycles. The number of hydrogen-bond donors (Lipinski definition) is 1. The molecule has 4 rings (SSSR count). The highest BCUT2D eigenvalue weighted by atomic mass is 32.2. The number of carbonyl (C=O) groups is 1. The second kappa shape index (κ2) is 9.57. The highest BCUT2D eigenvalue weighted by molar-refractivity contribution is 7.99. The standard InChI is InChI=1S/C22H23N7OS/c1-16-20(17(2)28(25-16)14-18-9-5-3-6-10-18)13-23-21(30)15-31-22-24-26-27-29(22)19-11-7-4-8-12-19/h3-12H,13-15H2,1-2H3,(H,23,30). The molecule has 0 atom stereocenters. The van der Waals surface area contributed by atoms with Gasteiger partial charge in [-0.25, -0.2) is 0 Å². The Balaban J connectivity index is 1.34. The van der Waals surface area contributed by atoms with Crippen LogP contribution in [0.25, 0.3) is 5.69 Å². The van der Waals surface area contributed by atoms with Crippen molar-refractivity contribution in [3.63, 3.8) is 0 Å². The summed E-state index contributed by atoms with van der Waals surface area (Å²) in [7, 11) is 0. The van der Waals surface area contributed by atoms with Gasteiger partial charge in [0.05, 0.1) is 23.7 Å². The number of aryl methyl sites for hydroxylation is 1. The highest BCUT2D eigenvalue weighted by Gasteiger charge is 2.15. The Morgan fingerprint density at radius 1 is 1.03 bits per heavy atom. The lowest BCUT2D eigenvalue weighted by Crippen LogP contribution is -2.25. The van der Waals surface area contributed by atoms with Gasteiger partial charge < -0.3 is 5.32 Å². The van der Waals surface area contributed by atoms with Crippen molar-refractivity contribution in [3.05, 3.63) is 83.2 Å². The van der Waals surface area contributed by atoms with E-state index in [9.17, 15) is 4.79 Å². The molecule has 0 fully saturated rings. The molecule has 1 amide bonds. The molecule has 0 radical (unpaired) electrons. The average Bonchev–Trinajstić information content (AvgIpc) is 3.37. The molecule has 0 unspecified atom stereocenters. The van der Waals surface area contributed by atoms with E-state index >= 15 is 0 Å².